The second kappa shape index (κ2) is 27.0. The number of piperidine rings is 2. The van der Waals surface area contributed by atoms with Crippen LogP contribution in [0.15, 0.2) is 107 Å². The van der Waals surface area contributed by atoms with Crippen LogP contribution >= 0.6 is 0 Å². The average molecular weight is 1210 g/mol. The number of carbonyl (C=O) groups excluding carboxylic acids is 2. The molecule has 452 valence electrons. The molecule has 26 heteroatoms. The van der Waals surface area contributed by atoms with E-state index in [1.165, 1.54) is 61.4 Å². The topological polar surface area (TPSA) is 203 Å². The van der Waals surface area contributed by atoms with Gasteiger partial charge in [-0.05, 0) is 136 Å². The fraction of sp³-hybridized carbons (Fsp3) is 0.536. The van der Waals surface area contributed by atoms with Crippen LogP contribution < -0.4 is 30.4 Å². The van der Waals surface area contributed by atoms with Gasteiger partial charge in [-0.3, -0.25) is 9.59 Å². The van der Waals surface area contributed by atoms with Crippen molar-refractivity contribution in [3.05, 3.63) is 119 Å². The third-order valence-electron chi connectivity index (χ3n) is 15.4. The van der Waals surface area contributed by atoms with Crippen molar-refractivity contribution < 1.29 is 79.8 Å². The van der Waals surface area contributed by atoms with Crippen LogP contribution in [0.5, 0.6) is 11.5 Å². The van der Waals surface area contributed by atoms with Crippen molar-refractivity contribution in [1.29, 1.82) is 0 Å². The third-order valence-corrected chi connectivity index (χ3v) is 18.2. The Kier molecular flexibility index (Phi) is 21.1. The summed E-state index contributed by atoms with van der Waals surface area (Å²) in [5.74, 6) is -9.09. The Balaban J connectivity index is 0.000000236. The van der Waals surface area contributed by atoms with Crippen LogP contribution in [0.3, 0.4) is 0 Å². The van der Waals surface area contributed by atoms with Crippen molar-refractivity contribution in [2.45, 2.75) is 148 Å². The third kappa shape index (κ3) is 16.8. The SMILES string of the molecule is NC1CCN(C(=O)[C@@H](NS(=O)(=O)c2ccc(OCC3CCCCC3)cc2)C(F)(F)c2ccc(C(F)(F)F)cc2)CC1.NC1CCN(C(=O)[C@H](NS(=O)(=O)c2ccc(OCC3CCCCC3)cc2)C(F)(F)c2ccc(C(F)(F)F)cc2)CC1. The molecule has 82 heavy (non-hydrogen) atoms. The van der Waals surface area contributed by atoms with E-state index in [2.05, 4.69) is 0 Å². The minimum Gasteiger partial charge on any atom is -0.493 e. The van der Waals surface area contributed by atoms with E-state index >= 15 is 17.6 Å². The molecule has 0 aromatic heterocycles. The van der Waals surface area contributed by atoms with Crippen LogP contribution in [-0.2, 0) is 53.8 Å². The van der Waals surface area contributed by atoms with E-state index in [0.717, 1.165) is 61.2 Å². The molecule has 6 N–H and O–H groups in total. The molecule has 2 heterocycles. The van der Waals surface area contributed by atoms with Crippen LogP contribution in [0.4, 0.5) is 43.9 Å². The molecule has 0 bridgehead atoms. The number of likely N-dealkylation sites (tertiary alicyclic amines) is 2. The lowest BCUT2D eigenvalue weighted by Crippen LogP contribution is -2.58. The van der Waals surface area contributed by atoms with E-state index in [0.29, 0.717) is 111 Å². The number of nitrogens with two attached hydrogens (primary N) is 2. The molecule has 4 aromatic rings. The van der Waals surface area contributed by atoms with Gasteiger partial charge in [-0.2, -0.15) is 53.3 Å². The second-order valence-corrected chi connectivity index (χ2v) is 24.8. The first kappa shape index (κ1) is 64.0. The van der Waals surface area contributed by atoms with Crippen LogP contribution in [0.1, 0.15) is 112 Å². The molecule has 2 aliphatic carbocycles. The predicted octanol–water partition coefficient (Wildman–Crippen LogP) is 10.1. The van der Waals surface area contributed by atoms with Gasteiger partial charge < -0.3 is 30.7 Å². The summed E-state index contributed by atoms with van der Waals surface area (Å²) in [5, 5.41) is 0. The molecule has 0 spiro atoms. The Morgan fingerprint density at radius 1 is 0.451 bits per heavy atom. The Hall–Kier alpha value is -5.54. The number of alkyl halides is 10. The number of carbonyl (C=O) groups is 2. The van der Waals surface area contributed by atoms with Gasteiger partial charge in [0.15, 0.2) is 12.1 Å². The fourth-order valence-corrected chi connectivity index (χ4v) is 12.7. The van der Waals surface area contributed by atoms with E-state index < -0.39 is 90.4 Å². The molecule has 4 fully saturated rings. The second-order valence-electron chi connectivity index (χ2n) is 21.4. The maximum absolute atomic E-state index is 15.8. The molecular weight excluding hydrogens is 1140 g/mol. The lowest BCUT2D eigenvalue weighted by molar-refractivity contribution is -0.146. The minimum atomic E-state index is -4.76. The van der Waals surface area contributed by atoms with Crippen molar-refractivity contribution in [3.8, 4) is 11.5 Å². The number of hydrogen-bond acceptors (Lipinski definition) is 10. The zero-order valence-electron chi connectivity index (χ0n) is 44.8. The zero-order valence-corrected chi connectivity index (χ0v) is 46.4. The van der Waals surface area contributed by atoms with E-state index in [1.54, 1.807) is 0 Å². The zero-order chi connectivity index (χ0) is 59.7. The normalized spacial score (nSPS) is 18.7. The van der Waals surface area contributed by atoms with Crippen molar-refractivity contribution in [2.24, 2.45) is 23.3 Å². The molecule has 2 aliphatic heterocycles. The molecular formula is C56H68F10N6O8S2. The molecule has 2 saturated heterocycles. The van der Waals surface area contributed by atoms with E-state index in [-0.39, 0.29) is 48.1 Å². The van der Waals surface area contributed by atoms with Crippen molar-refractivity contribution in [1.82, 2.24) is 19.2 Å². The summed E-state index contributed by atoms with van der Waals surface area (Å²) < 4.78 is 209. The minimum absolute atomic E-state index is 0.0361. The van der Waals surface area contributed by atoms with Crippen LogP contribution in [0.2, 0.25) is 0 Å². The summed E-state index contributed by atoms with van der Waals surface area (Å²) in [5.41, 5.74) is 7.52. The molecule has 2 amide bonds. The number of hydrogen-bond donors (Lipinski definition) is 4. The van der Waals surface area contributed by atoms with Crippen molar-refractivity contribution in [2.75, 3.05) is 39.4 Å². The number of benzene rings is 4. The van der Waals surface area contributed by atoms with Crippen molar-refractivity contribution >= 4 is 31.9 Å². The summed E-state index contributed by atoms with van der Waals surface area (Å²) in [4.78, 5) is 28.1. The van der Waals surface area contributed by atoms with Gasteiger partial charge in [0.2, 0.25) is 31.9 Å². The number of rotatable bonds is 18. The highest BCUT2D eigenvalue weighted by molar-refractivity contribution is 7.89. The van der Waals surface area contributed by atoms with E-state index in [4.69, 9.17) is 20.9 Å². The van der Waals surface area contributed by atoms with Gasteiger partial charge >= 0.3 is 12.4 Å². The number of sulfonamides is 2. The summed E-state index contributed by atoms with van der Waals surface area (Å²) >= 11 is 0. The molecule has 4 aromatic carbocycles. The summed E-state index contributed by atoms with van der Waals surface area (Å²) in [6.07, 6.45) is 2.98. The molecule has 2 saturated carbocycles. The smallest absolute Gasteiger partial charge is 0.416 e. The lowest BCUT2D eigenvalue weighted by Gasteiger charge is -2.35. The first-order valence-electron chi connectivity index (χ1n) is 27.2. The van der Waals surface area contributed by atoms with Crippen LogP contribution in [0.25, 0.3) is 0 Å². The number of nitrogens with zero attached hydrogens (tertiary/aromatic N) is 2. The van der Waals surface area contributed by atoms with Gasteiger partial charge in [0.25, 0.3) is 11.8 Å². The molecule has 8 rings (SSSR count). The van der Waals surface area contributed by atoms with Crippen molar-refractivity contribution in [3.63, 3.8) is 0 Å². The fourth-order valence-electron chi connectivity index (χ4n) is 10.3. The Labute approximate surface area is 470 Å². The molecule has 4 aliphatic rings. The highest BCUT2D eigenvalue weighted by Crippen LogP contribution is 2.39. The van der Waals surface area contributed by atoms with Gasteiger partial charge in [0, 0.05) is 49.4 Å². The number of amides is 2. The monoisotopic (exact) mass is 1210 g/mol. The van der Waals surface area contributed by atoms with Gasteiger partial charge in [0.1, 0.15) is 11.5 Å². The van der Waals surface area contributed by atoms with E-state index in [1.807, 2.05) is 9.44 Å². The summed E-state index contributed by atoms with van der Waals surface area (Å²) in [6, 6.07) is 8.75. The largest absolute Gasteiger partial charge is 0.493 e. The quantitative estimate of drug-likeness (QED) is 0.0695. The maximum Gasteiger partial charge on any atom is 0.416 e. The Morgan fingerprint density at radius 3 is 1.01 bits per heavy atom. The summed E-state index contributed by atoms with van der Waals surface area (Å²) in [7, 11) is -9.33. The van der Waals surface area contributed by atoms with Gasteiger partial charge in [-0.25, -0.2) is 16.8 Å². The lowest BCUT2D eigenvalue weighted by atomic mass is 9.90. The number of nitrogens with one attached hydrogen (secondary N) is 2. The first-order chi connectivity index (χ1) is 38.5. The average Bonchev–Trinajstić information content (AvgIpc) is 3.53. The van der Waals surface area contributed by atoms with Gasteiger partial charge in [-0.1, -0.05) is 62.8 Å². The Morgan fingerprint density at radius 2 is 0.732 bits per heavy atom. The van der Waals surface area contributed by atoms with Gasteiger partial charge in [-0.15, -0.1) is 0 Å². The number of halogens is 10. The number of ether oxygens (including phenoxy) is 2. The maximum atomic E-state index is 15.8. The molecule has 14 nitrogen and oxygen atoms in total. The highest BCUT2D eigenvalue weighted by Gasteiger charge is 2.52. The molecule has 0 radical (unpaired) electrons. The van der Waals surface area contributed by atoms with Gasteiger partial charge in [0.05, 0.1) is 34.1 Å². The molecule has 2 atom stereocenters. The van der Waals surface area contributed by atoms with E-state index in [9.17, 15) is 52.8 Å². The standard InChI is InChI=1S/2C28H34F5N3O4S/c2*29-27(30,20-6-8-21(9-7-20)28(31,32)33)25(26(37)36-16-14-22(34)15-17-36)35-41(38,39)24-12-10-23(11-13-24)40-18-19-4-2-1-3-5-19/h2*6-13,19,22,25,35H,1-5,14-18,34H2/t2*25-/m10/s1. The van der Waals surface area contributed by atoms with Crippen LogP contribution in [-0.4, -0.2) is 102 Å². The Bertz CT molecular complexity index is 2750. The highest BCUT2D eigenvalue weighted by atomic mass is 32.2. The predicted molar refractivity (Wildman–Crippen MR) is 283 cm³/mol. The first-order valence-corrected chi connectivity index (χ1v) is 30.2. The van der Waals surface area contributed by atoms with Crippen LogP contribution in [0, 0.1) is 11.8 Å². The molecule has 0 unspecified atom stereocenters. The summed E-state index contributed by atoms with van der Waals surface area (Å²) in [6.45, 7) is 1.12.